The van der Waals surface area contributed by atoms with Gasteiger partial charge in [0.1, 0.15) is 0 Å². The van der Waals surface area contributed by atoms with Crippen LogP contribution in [0, 0.1) is 0 Å². The molecule has 0 heterocycles. The van der Waals surface area contributed by atoms with Crippen LogP contribution in [0.25, 0.3) is 0 Å². The molecule has 0 aliphatic carbocycles. The van der Waals surface area contributed by atoms with Crippen molar-refractivity contribution in [3.05, 3.63) is 12.2 Å². The van der Waals surface area contributed by atoms with Crippen molar-refractivity contribution in [1.29, 1.82) is 0 Å². The van der Waals surface area contributed by atoms with E-state index in [9.17, 15) is 4.79 Å². The van der Waals surface area contributed by atoms with Crippen molar-refractivity contribution in [2.24, 2.45) is 0 Å². The van der Waals surface area contributed by atoms with E-state index in [0.717, 1.165) is 49.0 Å². The van der Waals surface area contributed by atoms with Gasteiger partial charge in [-0.15, -0.1) is 0 Å². The molecule has 0 atom stereocenters. The predicted octanol–water partition coefficient (Wildman–Crippen LogP) is 2.02. The summed E-state index contributed by atoms with van der Waals surface area (Å²) < 4.78 is 1.53. The first-order valence-corrected chi connectivity index (χ1v) is 6.15. The molecule has 0 rings (SSSR count). The van der Waals surface area contributed by atoms with Gasteiger partial charge in [-0.1, -0.05) is 6.58 Å². The van der Waals surface area contributed by atoms with E-state index in [2.05, 4.69) is 13.5 Å². The molecule has 0 saturated heterocycles. The average molecular weight is 182 g/mol. The average Bonchev–Trinajstić information content (AvgIpc) is 1.90. The van der Waals surface area contributed by atoms with Crippen LogP contribution in [0.5, 0.6) is 0 Å². The van der Waals surface area contributed by atoms with Crippen molar-refractivity contribution < 1.29 is 9.90 Å². The Hall–Kier alpha value is 0.846. The second kappa shape index (κ2) is 10.8. The van der Waals surface area contributed by atoms with Crippen molar-refractivity contribution >= 4 is 54.9 Å². The normalized spacial score (nSPS) is 8.00. The van der Waals surface area contributed by atoms with Gasteiger partial charge in [-0.25, -0.2) is 4.79 Å². The summed E-state index contributed by atoms with van der Waals surface area (Å²) in [6, 6.07) is 0. The summed E-state index contributed by atoms with van der Waals surface area (Å²) in [6.45, 7) is 6.84. The number of hydrogen-bond donors (Lipinski definition) is 1. The standard InChI is InChI=1S/C4H6O2.C4H9.K/c1-3(2)4(5)6;1-3-4-2;/h1H2,2H3,(H,5,6);1,3-4H2,2H3;. The van der Waals surface area contributed by atoms with E-state index in [1.807, 2.05) is 0 Å². The molecule has 0 bridgehead atoms. The molecule has 0 aromatic heterocycles. The molecule has 2 nitrogen and oxygen atoms in total. The van der Waals surface area contributed by atoms with Crippen LogP contribution < -0.4 is 0 Å². The minimum absolute atomic E-state index is 0.176. The fourth-order valence-electron chi connectivity index (χ4n) is 0.354. The molecule has 0 aromatic rings. The van der Waals surface area contributed by atoms with E-state index < -0.39 is 5.97 Å². The number of carboxylic acid groups (broad SMARTS) is 1. The van der Waals surface area contributed by atoms with Gasteiger partial charge < -0.3 is 5.11 Å². The minimum atomic E-state index is -0.935. The van der Waals surface area contributed by atoms with Crippen LogP contribution in [0.4, 0.5) is 0 Å². The zero-order valence-corrected chi connectivity index (χ0v) is 10.8. The zero-order valence-electron chi connectivity index (χ0n) is 7.68. The van der Waals surface area contributed by atoms with Gasteiger partial charge in [0.25, 0.3) is 0 Å². The fraction of sp³-hybridized carbons (Fsp3) is 0.625. The summed E-state index contributed by atoms with van der Waals surface area (Å²) >= 11 is 1.11. The van der Waals surface area contributed by atoms with Gasteiger partial charge in [0.2, 0.25) is 0 Å². The van der Waals surface area contributed by atoms with Crippen LogP contribution in [0.3, 0.4) is 0 Å². The maximum atomic E-state index is 9.60. The quantitative estimate of drug-likeness (QED) is 0.535. The van der Waals surface area contributed by atoms with Crippen molar-refractivity contribution in [2.75, 3.05) is 0 Å². The molecule has 0 amide bonds. The number of rotatable bonds is 3. The molecule has 0 fully saturated rings. The Labute approximate surface area is 103 Å². The van der Waals surface area contributed by atoms with E-state index in [1.165, 1.54) is 20.3 Å². The summed E-state index contributed by atoms with van der Waals surface area (Å²) in [7, 11) is 0. The van der Waals surface area contributed by atoms with Crippen molar-refractivity contribution in [2.45, 2.75) is 27.2 Å². The maximum absolute atomic E-state index is 9.60. The Balaban J connectivity index is 0. The third kappa shape index (κ3) is 18.1. The van der Waals surface area contributed by atoms with Crippen LogP contribution in [0.2, 0.25) is 0.515 Å². The number of hydrogen-bond acceptors (Lipinski definition) is 1. The second-order valence-corrected chi connectivity index (χ2v) is 4.00. The molecule has 0 spiro atoms. The predicted molar refractivity (Wildman–Crippen MR) is 47.9 cm³/mol. The Morgan fingerprint density at radius 3 is 2.00 bits per heavy atom. The van der Waals surface area contributed by atoms with Crippen molar-refractivity contribution in [1.82, 2.24) is 0 Å². The first kappa shape index (κ1) is 14.4. The molecule has 60 valence electrons. The first-order chi connectivity index (χ1) is 5.06. The summed E-state index contributed by atoms with van der Waals surface area (Å²) in [4.78, 5) is 9.60. The third-order valence-corrected chi connectivity index (χ3v) is 2.18. The van der Waals surface area contributed by atoms with Gasteiger partial charge >= 0.3 is 75.2 Å². The first-order valence-electron chi connectivity index (χ1n) is 3.95. The molecule has 0 radical (unpaired) electrons. The van der Waals surface area contributed by atoms with Crippen LogP contribution >= 0.6 is 0 Å². The zero-order chi connectivity index (χ0) is 9.28. The number of carboxylic acids is 1. The number of unbranched alkanes of at least 4 members (excludes halogenated alkanes) is 1. The molecule has 3 heteroatoms. The van der Waals surface area contributed by atoms with Crippen LogP contribution in [-0.2, 0) is 4.79 Å². The second-order valence-electron chi connectivity index (χ2n) is 2.44. The van der Waals surface area contributed by atoms with Gasteiger partial charge in [0, 0.05) is 5.57 Å². The summed E-state index contributed by atoms with van der Waals surface area (Å²) in [5.41, 5.74) is 0.176. The van der Waals surface area contributed by atoms with Gasteiger partial charge in [-0.05, 0) is 6.92 Å². The van der Waals surface area contributed by atoms with Gasteiger partial charge in [0.15, 0.2) is 0 Å². The van der Waals surface area contributed by atoms with Crippen molar-refractivity contribution in [3.63, 3.8) is 0 Å². The molecule has 0 aliphatic rings. The molecule has 0 saturated carbocycles. The molecule has 11 heavy (non-hydrogen) atoms. The van der Waals surface area contributed by atoms with Crippen LogP contribution in [0.1, 0.15) is 26.7 Å². The Bertz CT molecular complexity index is 107. The Kier molecular flexibility index (Phi) is 14.2. The topological polar surface area (TPSA) is 37.3 Å². The van der Waals surface area contributed by atoms with E-state index in [1.54, 1.807) is 0 Å². The monoisotopic (exact) mass is 182 g/mol. The number of aliphatic carboxylic acids is 1. The third-order valence-electron chi connectivity index (χ3n) is 1.07. The van der Waals surface area contributed by atoms with E-state index >= 15 is 0 Å². The van der Waals surface area contributed by atoms with Crippen molar-refractivity contribution in [3.8, 4) is 0 Å². The van der Waals surface area contributed by atoms with Gasteiger partial charge in [0.05, 0.1) is 0 Å². The molecule has 0 unspecified atom stereocenters. The van der Waals surface area contributed by atoms with Gasteiger partial charge in [-0.3, -0.25) is 0 Å². The fourth-order valence-corrected chi connectivity index (χ4v) is 1.46. The molecule has 0 aliphatic heterocycles. The van der Waals surface area contributed by atoms with E-state index in [0.29, 0.717) is 0 Å². The van der Waals surface area contributed by atoms with E-state index in [-0.39, 0.29) is 5.57 Å². The molecular formula is C8H15KO2. The van der Waals surface area contributed by atoms with Crippen LogP contribution in [-0.4, -0.2) is 60.0 Å². The molecule has 0 aromatic carbocycles. The summed E-state index contributed by atoms with van der Waals surface area (Å²) in [6.07, 6.45) is 2.86. The SMILES string of the molecule is C=C(C)C(=O)O.CCC[CH2][K]. The Morgan fingerprint density at radius 2 is 2.00 bits per heavy atom. The van der Waals surface area contributed by atoms with Crippen LogP contribution in [0.15, 0.2) is 12.2 Å². The number of carbonyl (C=O) groups is 1. The van der Waals surface area contributed by atoms with E-state index in [4.69, 9.17) is 5.11 Å². The summed E-state index contributed by atoms with van der Waals surface area (Å²) in [5, 5.41) is 7.89. The molecule has 1 N–H and O–H groups in total. The molecular weight excluding hydrogens is 167 g/mol. The van der Waals surface area contributed by atoms with Gasteiger partial charge in [-0.2, -0.15) is 0 Å². The summed E-state index contributed by atoms with van der Waals surface area (Å²) in [5.74, 6) is -0.935. The Morgan fingerprint density at radius 1 is 1.64 bits per heavy atom.